The number of carbonyl (C=O) groups excluding carboxylic acids is 1. The molecule has 20 heavy (non-hydrogen) atoms. The summed E-state index contributed by atoms with van der Waals surface area (Å²) in [4.78, 5) is 14.1. The van der Waals surface area contributed by atoms with Gasteiger partial charge in [-0.05, 0) is 37.1 Å². The summed E-state index contributed by atoms with van der Waals surface area (Å²) in [6.45, 7) is 4.11. The maximum absolute atomic E-state index is 12.0. The molecule has 0 radical (unpaired) electrons. The monoisotopic (exact) mass is 315 g/mol. The molecule has 2 unspecified atom stereocenters. The predicted molar refractivity (Wildman–Crippen MR) is 83.3 cm³/mol. The zero-order valence-electron chi connectivity index (χ0n) is 11.4. The molecule has 1 aliphatic heterocycles. The molecule has 2 rings (SSSR count). The largest absolute Gasteiger partial charge is 0.326 e. The number of amides is 1. The third kappa shape index (κ3) is 4.09. The van der Waals surface area contributed by atoms with Crippen LogP contribution in [0.3, 0.4) is 0 Å². The van der Waals surface area contributed by atoms with Crippen molar-refractivity contribution in [2.24, 2.45) is 11.7 Å². The second-order valence-corrected chi connectivity index (χ2v) is 6.18. The number of nitrogens with two attached hydrogens (primary N) is 1. The number of nitrogens with zero attached hydrogens (tertiary/aromatic N) is 1. The molecule has 110 valence electrons. The minimum Gasteiger partial charge on any atom is -0.326 e. The van der Waals surface area contributed by atoms with Crippen LogP contribution in [0.2, 0.25) is 10.0 Å². The number of likely N-dealkylation sites (tertiary alicyclic amines) is 1. The van der Waals surface area contributed by atoms with Crippen LogP contribution in [0.4, 0.5) is 5.69 Å². The maximum Gasteiger partial charge on any atom is 0.238 e. The van der Waals surface area contributed by atoms with Gasteiger partial charge in [-0.15, -0.1) is 0 Å². The van der Waals surface area contributed by atoms with Crippen molar-refractivity contribution in [1.82, 2.24) is 4.90 Å². The molecular formula is C14H19Cl2N3O. The topological polar surface area (TPSA) is 58.4 Å². The average Bonchev–Trinajstić information content (AvgIpc) is 2.38. The molecule has 3 N–H and O–H groups in total. The quantitative estimate of drug-likeness (QED) is 0.901. The molecule has 0 bridgehead atoms. The Hall–Kier alpha value is -0.810. The molecule has 1 saturated heterocycles. The molecule has 0 spiro atoms. The van der Waals surface area contributed by atoms with Crippen molar-refractivity contribution < 1.29 is 4.79 Å². The molecule has 2 atom stereocenters. The minimum atomic E-state index is -0.101. The smallest absolute Gasteiger partial charge is 0.238 e. The van der Waals surface area contributed by atoms with Crippen molar-refractivity contribution in [3.8, 4) is 0 Å². The van der Waals surface area contributed by atoms with Gasteiger partial charge in [0.25, 0.3) is 0 Å². The van der Waals surface area contributed by atoms with E-state index in [1.54, 1.807) is 18.2 Å². The van der Waals surface area contributed by atoms with Crippen LogP contribution < -0.4 is 11.1 Å². The van der Waals surface area contributed by atoms with Crippen molar-refractivity contribution in [2.45, 2.75) is 19.4 Å². The number of piperidine rings is 1. The van der Waals surface area contributed by atoms with Gasteiger partial charge in [-0.25, -0.2) is 0 Å². The molecule has 1 amide bonds. The Bertz CT molecular complexity index is 495. The normalized spacial score (nSPS) is 23.6. The summed E-state index contributed by atoms with van der Waals surface area (Å²) in [6, 6.07) is 5.13. The standard InChI is InChI=1S/C14H19Cl2N3O/c1-9-4-5-19(7-12(9)17)8-14(20)18-13-6-10(15)2-3-11(13)16/h2-3,6,9,12H,4-5,7-8,17H2,1H3,(H,18,20). The van der Waals surface area contributed by atoms with E-state index >= 15 is 0 Å². The van der Waals surface area contributed by atoms with E-state index in [0.29, 0.717) is 28.2 Å². The van der Waals surface area contributed by atoms with Crippen LogP contribution in [0.5, 0.6) is 0 Å². The molecule has 1 fully saturated rings. The molecule has 1 aliphatic rings. The third-order valence-corrected chi connectivity index (χ3v) is 4.23. The van der Waals surface area contributed by atoms with Gasteiger partial charge in [-0.3, -0.25) is 9.69 Å². The Labute approximate surface area is 129 Å². The molecular weight excluding hydrogens is 297 g/mol. The Balaban J connectivity index is 1.91. The van der Waals surface area contributed by atoms with Crippen molar-refractivity contribution in [3.63, 3.8) is 0 Å². The Morgan fingerprint density at radius 2 is 2.25 bits per heavy atom. The van der Waals surface area contributed by atoms with Crippen molar-refractivity contribution in [2.75, 3.05) is 25.0 Å². The first-order valence-corrected chi connectivity index (χ1v) is 7.44. The molecule has 1 aromatic carbocycles. The van der Waals surface area contributed by atoms with Gasteiger partial charge in [0.15, 0.2) is 0 Å². The van der Waals surface area contributed by atoms with Crippen molar-refractivity contribution in [1.29, 1.82) is 0 Å². The summed E-state index contributed by atoms with van der Waals surface area (Å²) in [6.07, 6.45) is 1.02. The van der Waals surface area contributed by atoms with Gasteiger partial charge in [-0.2, -0.15) is 0 Å². The summed E-state index contributed by atoms with van der Waals surface area (Å²) >= 11 is 11.9. The van der Waals surface area contributed by atoms with E-state index in [4.69, 9.17) is 28.9 Å². The number of anilines is 1. The molecule has 1 heterocycles. The van der Waals surface area contributed by atoms with E-state index in [1.165, 1.54) is 0 Å². The van der Waals surface area contributed by atoms with E-state index in [1.807, 2.05) is 0 Å². The maximum atomic E-state index is 12.0. The van der Waals surface area contributed by atoms with E-state index in [2.05, 4.69) is 17.1 Å². The van der Waals surface area contributed by atoms with Crippen LogP contribution in [0, 0.1) is 5.92 Å². The van der Waals surface area contributed by atoms with Gasteiger partial charge in [0.2, 0.25) is 5.91 Å². The molecule has 0 aliphatic carbocycles. The van der Waals surface area contributed by atoms with Crippen LogP contribution >= 0.6 is 23.2 Å². The number of hydrogen-bond acceptors (Lipinski definition) is 3. The van der Waals surface area contributed by atoms with Crippen LogP contribution in [0.15, 0.2) is 18.2 Å². The molecule has 0 saturated carbocycles. The van der Waals surface area contributed by atoms with Crippen LogP contribution in [-0.2, 0) is 4.79 Å². The second-order valence-electron chi connectivity index (χ2n) is 5.34. The van der Waals surface area contributed by atoms with Gasteiger partial charge < -0.3 is 11.1 Å². The SMILES string of the molecule is CC1CCN(CC(=O)Nc2cc(Cl)ccc2Cl)CC1N. The van der Waals surface area contributed by atoms with Crippen LogP contribution in [0.1, 0.15) is 13.3 Å². The van der Waals surface area contributed by atoms with E-state index in [-0.39, 0.29) is 11.9 Å². The summed E-state index contributed by atoms with van der Waals surface area (Å²) in [5.41, 5.74) is 6.57. The van der Waals surface area contributed by atoms with Gasteiger partial charge >= 0.3 is 0 Å². The summed E-state index contributed by atoms with van der Waals surface area (Å²) in [5, 5.41) is 3.81. The van der Waals surface area contributed by atoms with Crippen molar-refractivity contribution in [3.05, 3.63) is 28.2 Å². The van der Waals surface area contributed by atoms with Gasteiger partial charge in [0.05, 0.1) is 17.3 Å². The molecule has 0 aromatic heterocycles. The lowest BCUT2D eigenvalue weighted by Crippen LogP contribution is -2.49. The first-order valence-electron chi connectivity index (χ1n) is 6.68. The fourth-order valence-corrected chi connectivity index (χ4v) is 2.64. The van der Waals surface area contributed by atoms with E-state index in [9.17, 15) is 4.79 Å². The highest BCUT2D eigenvalue weighted by Crippen LogP contribution is 2.25. The summed E-state index contributed by atoms with van der Waals surface area (Å²) < 4.78 is 0. The lowest BCUT2D eigenvalue weighted by molar-refractivity contribution is -0.117. The third-order valence-electron chi connectivity index (χ3n) is 3.67. The predicted octanol–water partition coefficient (Wildman–Crippen LogP) is 2.60. The number of nitrogens with one attached hydrogen (secondary N) is 1. The molecule has 4 nitrogen and oxygen atoms in total. The van der Waals surface area contributed by atoms with E-state index < -0.39 is 0 Å². The first-order chi connectivity index (χ1) is 9.45. The van der Waals surface area contributed by atoms with Gasteiger partial charge in [0.1, 0.15) is 0 Å². The van der Waals surface area contributed by atoms with Crippen LogP contribution in [0.25, 0.3) is 0 Å². The summed E-state index contributed by atoms with van der Waals surface area (Å²) in [5.74, 6) is 0.410. The van der Waals surface area contributed by atoms with Gasteiger partial charge in [0, 0.05) is 17.6 Å². The fourth-order valence-electron chi connectivity index (χ4n) is 2.30. The fraction of sp³-hybridized carbons (Fsp3) is 0.500. The highest BCUT2D eigenvalue weighted by atomic mass is 35.5. The number of rotatable bonds is 3. The average molecular weight is 316 g/mol. The van der Waals surface area contributed by atoms with Crippen LogP contribution in [-0.4, -0.2) is 36.5 Å². The second kappa shape index (κ2) is 6.76. The zero-order chi connectivity index (χ0) is 14.7. The minimum absolute atomic E-state index is 0.101. The number of hydrogen-bond donors (Lipinski definition) is 2. The number of benzene rings is 1. The highest BCUT2D eigenvalue weighted by molar-refractivity contribution is 6.35. The van der Waals surface area contributed by atoms with E-state index in [0.717, 1.165) is 19.5 Å². The molecule has 6 heteroatoms. The molecule has 1 aromatic rings. The lowest BCUT2D eigenvalue weighted by atomic mass is 9.94. The Morgan fingerprint density at radius 1 is 1.50 bits per heavy atom. The van der Waals surface area contributed by atoms with Gasteiger partial charge in [-0.1, -0.05) is 30.1 Å². The Morgan fingerprint density at radius 3 is 2.95 bits per heavy atom. The zero-order valence-corrected chi connectivity index (χ0v) is 12.9. The lowest BCUT2D eigenvalue weighted by Gasteiger charge is -2.34. The Kier molecular flexibility index (Phi) is 5.27. The number of carbonyl (C=O) groups is 1. The number of halogens is 2. The highest BCUT2D eigenvalue weighted by Gasteiger charge is 2.24. The van der Waals surface area contributed by atoms with Crippen molar-refractivity contribution >= 4 is 34.8 Å². The first kappa shape index (κ1) is 15.6. The summed E-state index contributed by atoms with van der Waals surface area (Å²) in [7, 11) is 0.